The number of amides is 2. The van der Waals surface area contributed by atoms with Crippen molar-refractivity contribution in [2.45, 2.75) is 50.9 Å². The minimum Gasteiger partial charge on any atom is -0.490 e. The summed E-state index contributed by atoms with van der Waals surface area (Å²) in [6.07, 6.45) is 2.42. The standard InChI is InChI=1S/C35H34Cl2FN3O6/c1-20(42)40-17-24-14-27(21-2-7-26(8-3-21)44-10-11-45-31-13-23(38)4-9-28(31)36)34(30(18-40)39-24)35(43)41(25-5-6-25)16-22-12-32-33(15-29(22)37)47-19-46-32/h2-4,7-9,12-13,15,24-25,30,39H,5-6,10-11,14,16-19H2,1H3/t24-,30-/m1/s1. The smallest absolute Gasteiger partial charge is 0.252 e. The maximum absolute atomic E-state index is 14.6. The molecule has 7 rings (SSSR count). The number of fused-ring (bicyclic) bond motifs is 3. The number of benzene rings is 3. The highest BCUT2D eigenvalue weighted by atomic mass is 35.5. The van der Waals surface area contributed by atoms with Gasteiger partial charge in [0.15, 0.2) is 11.5 Å². The third-order valence-corrected chi connectivity index (χ3v) is 9.58. The van der Waals surface area contributed by atoms with E-state index in [-0.39, 0.29) is 55.7 Å². The predicted octanol–water partition coefficient (Wildman–Crippen LogP) is 5.86. The van der Waals surface area contributed by atoms with Gasteiger partial charge >= 0.3 is 0 Å². The summed E-state index contributed by atoms with van der Waals surface area (Å²) in [5.41, 5.74) is 3.35. The molecular weight excluding hydrogens is 648 g/mol. The van der Waals surface area contributed by atoms with Crippen molar-refractivity contribution >= 4 is 40.6 Å². The van der Waals surface area contributed by atoms with Crippen LogP contribution in [0.3, 0.4) is 0 Å². The lowest BCUT2D eigenvalue weighted by atomic mass is 9.82. The van der Waals surface area contributed by atoms with Crippen LogP contribution >= 0.6 is 23.2 Å². The molecule has 3 aromatic carbocycles. The van der Waals surface area contributed by atoms with Crippen molar-refractivity contribution in [3.05, 3.63) is 87.2 Å². The minimum atomic E-state index is -0.430. The largest absolute Gasteiger partial charge is 0.490 e. The molecule has 2 bridgehead atoms. The molecule has 1 saturated heterocycles. The molecule has 9 nitrogen and oxygen atoms in total. The first-order valence-electron chi connectivity index (χ1n) is 15.7. The molecule has 3 aliphatic heterocycles. The maximum atomic E-state index is 14.6. The molecule has 1 N–H and O–H groups in total. The van der Waals surface area contributed by atoms with Gasteiger partial charge in [-0.05, 0) is 66.3 Å². The number of rotatable bonds is 10. The van der Waals surface area contributed by atoms with Gasteiger partial charge in [0, 0.05) is 61.4 Å². The Morgan fingerprint density at radius 1 is 0.979 bits per heavy atom. The van der Waals surface area contributed by atoms with Crippen molar-refractivity contribution in [2.24, 2.45) is 0 Å². The van der Waals surface area contributed by atoms with Gasteiger partial charge in [-0.3, -0.25) is 9.59 Å². The first kappa shape index (κ1) is 31.6. The van der Waals surface area contributed by atoms with E-state index in [1.54, 1.807) is 13.0 Å². The molecule has 2 amide bonds. The van der Waals surface area contributed by atoms with Crippen LogP contribution in [0.2, 0.25) is 10.0 Å². The number of nitrogens with zero attached hydrogens (tertiary/aromatic N) is 2. The molecule has 0 radical (unpaired) electrons. The summed E-state index contributed by atoms with van der Waals surface area (Å²) in [6.45, 7) is 3.44. The van der Waals surface area contributed by atoms with Gasteiger partial charge in [-0.2, -0.15) is 0 Å². The third kappa shape index (κ3) is 6.86. The lowest BCUT2D eigenvalue weighted by Crippen LogP contribution is -2.61. The Hall–Kier alpha value is -3.99. The van der Waals surface area contributed by atoms with E-state index in [1.807, 2.05) is 40.1 Å². The summed E-state index contributed by atoms with van der Waals surface area (Å²) in [7, 11) is 0. The molecule has 47 heavy (non-hydrogen) atoms. The van der Waals surface area contributed by atoms with E-state index in [0.29, 0.717) is 58.9 Å². The number of hydrogen-bond acceptors (Lipinski definition) is 7. The van der Waals surface area contributed by atoms with Gasteiger partial charge < -0.3 is 34.1 Å². The molecule has 1 saturated carbocycles. The second kappa shape index (κ2) is 13.3. The summed E-state index contributed by atoms with van der Waals surface area (Å²) in [4.78, 5) is 30.8. The zero-order valence-electron chi connectivity index (χ0n) is 25.8. The summed E-state index contributed by atoms with van der Waals surface area (Å²) >= 11 is 12.7. The van der Waals surface area contributed by atoms with E-state index in [9.17, 15) is 14.0 Å². The van der Waals surface area contributed by atoms with Crippen LogP contribution in [0.4, 0.5) is 4.39 Å². The lowest BCUT2D eigenvalue weighted by Gasteiger charge is -2.44. The average Bonchev–Trinajstić information content (AvgIpc) is 3.80. The van der Waals surface area contributed by atoms with Crippen molar-refractivity contribution in [3.8, 4) is 23.0 Å². The number of piperazine rings is 1. The van der Waals surface area contributed by atoms with Gasteiger partial charge in [0.1, 0.15) is 30.5 Å². The highest BCUT2D eigenvalue weighted by Gasteiger charge is 2.43. The maximum Gasteiger partial charge on any atom is 0.252 e. The van der Waals surface area contributed by atoms with Crippen molar-refractivity contribution < 1.29 is 32.9 Å². The molecule has 4 aliphatic rings. The van der Waals surface area contributed by atoms with E-state index >= 15 is 0 Å². The zero-order chi connectivity index (χ0) is 32.7. The highest BCUT2D eigenvalue weighted by Crippen LogP contribution is 2.41. The second-order valence-corrected chi connectivity index (χ2v) is 13.0. The number of nitrogens with one attached hydrogen (secondary N) is 1. The number of carbonyl (C=O) groups excluding carboxylic acids is 2. The molecule has 2 fully saturated rings. The number of ether oxygens (including phenoxy) is 4. The van der Waals surface area contributed by atoms with E-state index < -0.39 is 5.82 Å². The Labute approximate surface area is 282 Å². The Balaban J connectivity index is 1.13. The van der Waals surface area contributed by atoms with Crippen molar-refractivity contribution in [1.29, 1.82) is 0 Å². The zero-order valence-corrected chi connectivity index (χ0v) is 27.3. The van der Waals surface area contributed by atoms with Gasteiger partial charge in [0.25, 0.3) is 5.91 Å². The van der Waals surface area contributed by atoms with Gasteiger partial charge in [0.2, 0.25) is 12.7 Å². The molecule has 3 aromatic rings. The van der Waals surface area contributed by atoms with E-state index in [1.165, 1.54) is 18.2 Å². The van der Waals surface area contributed by atoms with Gasteiger partial charge in [-0.1, -0.05) is 35.3 Å². The SMILES string of the molecule is CC(=O)N1C[C@H]2CC(c3ccc(OCCOc4cc(F)ccc4Cl)cc3)=C(C(=O)N(Cc3cc4c(cc3Cl)OCO4)C3CC3)[C@@H](C1)N2. The molecule has 246 valence electrons. The Kier molecular flexibility index (Phi) is 8.91. The molecular formula is C35H34Cl2FN3O6. The van der Waals surface area contributed by atoms with Crippen molar-refractivity contribution in [1.82, 2.24) is 15.1 Å². The fraction of sp³-hybridized carbons (Fsp3) is 0.371. The van der Waals surface area contributed by atoms with Crippen LogP contribution < -0.4 is 24.3 Å². The van der Waals surface area contributed by atoms with Crippen LogP contribution in [-0.2, 0) is 16.1 Å². The van der Waals surface area contributed by atoms with Crippen LogP contribution in [-0.4, -0.2) is 72.8 Å². The van der Waals surface area contributed by atoms with Gasteiger partial charge in [-0.25, -0.2) is 4.39 Å². The molecule has 3 heterocycles. The fourth-order valence-electron chi connectivity index (χ4n) is 6.45. The second-order valence-electron chi connectivity index (χ2n) is 12.2. The summed E-state index contributed by atoms with van der Waals surface area (Å²) in [5.74, 6) is 1.60. The van der Waals surface area contributed by atoms with E-state index in [0.717, 1.165) is 29.5 Å². The molecule has 0 spiro atoms. The lowest BCUT2D eigenvalue weighted by molar-refractivity contribution is -0.132. The molecule has 2 atom stereocenters. The van der Waals surface area contributed by atoms with Crippen LogP contribution in [0.1, 0.15) is 37.3 Å². The summed E-state index contributed by atoms with van der Waals surface area (Å²) < 4.78 is 36.0. The Bertz CT molecular complexity index is 1730. The third-order valence-electron chi connectivity index (χ3n) is 8.92. The normalized spacial score (nSPS) is 19.9. The van der Waals surface area contributed by atoms with Crippen LogP contribution in [0.25, 0.3) is 5.57 Å². The van der Waals surface area contributed by atoms with Crippen LogP contribution in [0.15, 0.2) is 60.2 Å². The average molecular weight is 683 g/mol. The molecule has 12 heteroatoms. The summed E-state index contributed by atoms with van der Waals surface area (Å²) in [5, 5.41) is 4.47. The monoisotopic (exact) mass is 681 g/mol. The van der Waals surface area contributed by atoms with Crippen molar-refractivity contribution in [2.75, 3.05) is 33.1 Å². The summed E-state index contributed by atoms with van der Waals surface area (Å²) in [6, 6.07) is 15.0. The first-order chi connectivity index (χ1) is 22.7. The van der Waals surface area contributed by atoms with E-state index in [2.05, 4.69) is 5.32 Å². The molecule has 0 aromatic heterocycles. The van der Waals surface area contributed by atoms with Gasteiger partial charge in [-0.15, -0.1) is 0 Å². The fourth-order valence-corrected chi connectivity index (χ4v) is 6.83. The van der Waals surface area contributed by atoms with Gasteiger partial charge in [0.05, 0.1) is 11.1 Å². The highest BCUT2D eigenvalue weighted by molar-refractivity contribution is 6.32. The van der Waals surface area contributed by atoms with Crippen molar-refractivity contribution in [3.63, 3.8) is 0 Å². The number of carbonyl (C=O) groups is 2. The molecule has 0 unspecified atom stereocenters. The predicted molar refractivity (Wildman–Crippen MR) is 174 cm³/mol. The topological polar surface area (TPSA) is 89.6 Å². The quantitative estimate of drug-likeness (QED) is 0.268. The van der Waals surface area contributed by atoms with E-state index in [4.69, 9.17) is 42.1 Å². The van der Waals surface area contributed by atoms with Crippen LogP contribution in [0.5, 0.6) is 23.0 Å². The number of hydrogen-bond donors (Lipinski definition) is 1. The number of halogens is 3. The van der Waals surface area contributed by atoms with Crippen LogP contribution in [0, 0.1) is 5.82 Å². The molecule has 1 aliphatic carbocycles. The Morgan fingerprint density at radius 3 is 2.47 bits per heavy atom. The Morgan fingerprint density at radius 2 is 1.72 bits per heavy atom. The minimum absolute atomic E-state index is 0.00640. The first-order valence-corrected chi connectivity index (χ1v) is 16.4.